The molecule has 1 aliphatic carbocycles. The third-order valence-electron chi connectivity index (χ3n) is 4.83. The van der Waals surface area contributed by atoms with Gasteiger partial charge in [0.25, 0.3) is 0 Å². The largest absolute Gasteiger partial charge is 0.496 e. The third kappa shape index (κ3) is 4.48. The molecule has 0 aliphatic heterocycles. The Labute approximate surface area is 146 Å². The van der Waals surface area contributed by atoms with Crippen LogP contribution >= 0.6 is 31.9 Å². The Balaban J connectivity index is 2.08. The van der Waals surface area contributed by atoms with Gasteiger partial charge < -0.3 is 4.74 Å². The van der Waals surface area contributed by atoms with E-state index in [9.17, 15) is 0 Å². The van der Waals surface area contributed by atoms with E-state index in [0.717, 1.165) is 28.5 Å². The summed E-state index contributed by atoms with van der Waals surface area (Å²) in [7, 11) is 1.71. The first-order chi connectivity index (χ1) is 9.81. The van der Waals surface area contributed by atoms with E-state index in [1.807, 2.05) is 0 Å². The van der Waals surface area contributed by atoms with Crippen molar-refractivity contribution >= 4 is 31.9 Å². The number of alkyl halides is 1. The van der Waals surface area contributed by atoms with Crippen molar-refractivity contribution in [1.82, 2.24) is 0 Å². The van der Waals surface area contributed by atoms with Gasteiger partial charge in [-0.1, -0.05) is 42.8 Å². The lowest BCUT2D eigenvalue weighted by molar-refractivity contribution is 0.146. The van der Waals surface area contributed by atoms with Gasteiger partial charge in [0.15, 0.2) is 0 Å². The third-order valence-corrected chi connectivity index (χ3v) is 6.65. The Morgan fingerprint density at radius 2 is 1.95 bits per heavy atom. The number of hydrogen-bond acceptors (Lipinski definition) is 1. The average molecular weight is 418 g/mol. The van der Waals surface area contributed by atoms with Gasteiger partial charge in [0.2, 0.25) is 0 Å². The molecule has 0 saturated heterocycles. The van der Waals surface area contributed by atoms with E-state index in [0.29, 0.717) is 10.2 Å². The maximum atomic E-state index is 5.32. The first-order valence-corrected chi connectivity index (χ1v) is 9.48. The molecular weight excluding hydrogens is 392 g/mol. The quantitative estimate of drug-likeness (QED) is 0.530. The van der Waals surface area contributed by atoms with E-state index in [-0.39, 0.29) is 0 Å². The number of benzene rings is 1. The number of halogens is 2. The van der Waals surface area contributed by atoms with Crippen LogP contribution in [0.4, 0.5) is 0 Å². The minimum atomic E-state index is 0.423. The van der Waals surface area contributed by atoms with Crippen LogP contribution in [0.25, 0.3) is 0 Å². The SMILES string of the molecule is COc1ccc(CC2CC(C(C)(C)C)CCC2Br)cc1Br. The number of ether oxygens (including phenoxy) is 1. The molecule has 1 aliphatic rings. The molecule has 0 amide bonds. The predicted octanol–water partition coefficient (Wildman–Crippen LogP) is 6.23. The van der Waals surface area contributed by atoms with Gasteiger partial charge in [-0.2, -0.15) is 0 Å². The van der Waals surface area contributed by atoms with Crippen molar-refractivity contribution in [2.75, 3.05) is 7.11 Å². The zero-order valence-corrected chi connectivity index (χ0v) is 16.6. The summed E-state index contributed by atoms with van der Waals surface area (Å²) in [5.74, 6) is 2.46. The van der Waals surface area contributed by atoms with Gasteiger partial charge in [0, 0.05) is 4.83 Å². The molecule has 1 fully saturated rings. The number of rotatable bonds is 3. The van der Waals surface area contributed by atoms with Crippen molar-refractivity contribution in [1.29, 1.82) is 0 Å². The van der Waals surface area contributed by atoms with Crippen molar-refractivity contribution < 1.29 is 4.74 Å². The Kier molecular flexibility index (Phi) is 5.81. The average Bonchev–Trinajstić information content (AvgIpc) is 2.40. The Bertz CT molecular complexity index is 479. The molecule has 0 bridgehead atoms. The van der Waals surface area contributed by atoms with Crippen LogP contribution in [0.3, 0.4) is 0 Å². The lowest BCUT2D eigenvalue weighted by atomic mass is 9.68. The van der Waals surface area contributed by atoms with Gasteiger partial charge >= 0.3 is 0 Å². The molecule has 0 heterocycles. The maximum Gasteiger partial charge on any atom is 0.133 e. The number of hydrogen-bond donors (Lipinski definition) is 0. The summed E-state index contributed by atoms with van der Waals surface area (Å²) in [6.07, 6.45) is 5.11. The van der Waals surface area contributed by atoms with E-state index in [1.54, 1.807) is 7.11 Å². The summed E-state index contributed by atoms with van der Waals surface area (Å²) >= 11 is 7.51. The lowest BCUT2D eigenvalue weighted by Gasteiger charge is -2.40. The molecule has 0 spiro atoms. The van der Waals surface area contributed by atoms with E-state index < -0.39 is 0 Å². The standard InChI is InChI=1S/C18H26Br2O/c1-18(2,3)14-6-7-15(19)13(11-14)9-12-5-8-17(21-4)16(20)10-12/h5,8,10,13-15H,6-7,9,11H2,1-4H3. The van der Waals surface area contributed by atoms with Crippen LogP contribution in [0.15, 0.2) is 22.7 Å². The highest BCUT2D eigenvalue weighted by Gasteiger charge is 2.34. The fourth-order valence-corrected chi connectivity index (χ4v) is 4.62. The van der Waals surface area contributed by atoms with Crippen LogP contribution in [-0.4, -0.2) is 11.9 Å². The van der Waals surface area contributed by atoms with E-state index in [2.05, 4.69) is 70.8 Å². The van der Waals surface area contributed by atoms with Gasteiger partial charge in [-0.15, -0.1) is 0 Å². The molecule has 3 atom stereocenters. The number of methoxy groups -OCH3 is 1. The summed E-state index contributed by atoms with van der Waals surface area (Å²) in [5.41, 5.74) is 1.82. The molecule has 0 radical (unpaired) electrons. The molecule has 2 rings (SSSR count). The van der Waals surface area contributed by atoms with E-state index in [1.165, 1.54) is 24.8 Å². The van der Waals surface area contributed by atoms with Crippen LogP contribution < -0.4 is 4.74 Å². The van der Waals surface area contributed by atoms with Crippen molar-refractivity contribution in [3.63, 3.8) is 0 Å². The summed E-state index contributed by atoms with van der Waals surface area (Å²) < 4.78 is 6.37. The summed E-state index contributed by atoms with van der Waals surface area (Å²) in [6, 6.07) is 6.47. The highest BCUT2D eigenvalue weighted by molar-refractivity contribution is 9.10. The van der Waals surface area contributed by atoms with Crippen LogP contribution in [0.2, 0.25) is 0 Å². The van der Waals surface area contributed by atoms with E-state index in [4.69, 9.17) is 4.74 Å². The summed E-state index contributed by atoms with van der Waals surface area (Å²) in [6.45, 7) is 7.15. The normalized spacial score (nSPS) is 26.7. The minimum Gasteiger partial charge on any atom is -0.496 e. The molecule has 1 nitrogen and oxygen atoms in total. The first-order valence-electron chi connectivity index (χ1n) is 7.77. The predicted molar refractivity (Wildman–Crippen MR) is 97.4 cm³/mol. The molecule has 118 valence electrons. The highest BCUT2D eigenvalue weighted by atomic mass is 79.9. The van der Waals surface area contributed by atoms with Gasteiger partial charge in [-0.3, -0.25) is 0 Å². The minimum absolute atomic E-state index is 0.423. The topological polar surface area (TPSA) is 9.23 Å². The van der Waals surface area contributed by atoms with Crippen molar-refractivity contribution in [3.05, 3.63) is 28.2 Å². The molecule has 3 unspecified atom stereocenters. The van der Waals surface area contributed by atoms with Crippen LogP contribution in [0.5, 0.6) is 5.75 Å². The Morgan fingerprint density at radius 3 is 2.52 bits per heavy atom. The monoisotopic (exact) mass is 416 g/mol. The second-order valence-corrected chi connectivity index (χ2v) is 9.36. The van der Waals surface area contributed by atoms with Gasteiger partial charge in [-0.25, -0.2) is 0 Å². The molecule has 1 aromatic rings. The lowest BCUT2D eigenvalue weighted by Crippen LogP contribution is -2.33. The zero-order valence-electron chi connectivity index (χ0n) is 13.5. The summed E-state index contributed by atoms with van der Waals surface area (Å²) in [5, 5.41) is 0. The molecule has 21 heavy (non-hydrogen) atoms. The second kappa shape index (κ2) is 7.04. The fourth-order valence-electron chi connectivity index (χ4n) is 3.36. The van der Waals surface area contributed by atoms with Gasteiger partial charge in [0.1, 0.15) is 5.75 Å². The van der Waals surface area contributed by atoms with E-state index >= 15 is 0 Å². The first kappa shape index (κ1) is 17.3. The molecule has 3 heteroatoms. The molecule has 1 saturated carbocycles. The summed E-state index contributed by atoms with van der Waals surface area (Å²) in [4.78, 5) is 0.650. The van der Waals surface area contributed by atoms with Gasteiger partial charge in [0.05, 0.1) is 11.6 Å². The van der Waals surface area contributed by atoms with Gasteiger partial charge in [-0.05, 0) is 76.6 Å². The Morgan fingerprint density at radius 1 is 1.24 bits per heavy atom. The van der Waals surface area contributed by atoms with Crippen LogP contribution in [0.1, 0.15) is 45.6 Å². The molecular formula is C18H26Br2O. The molecule has 0 N–H and O–H groups in total. The van der Waals surface area contributed by atoms with Crippen LogP contribution in [0, 0.1) is 17.3 Å². The molecule has 0 aromatic heterocycles. The maximum absolute atomic E-state index is 5.32. The van der Waals surface area contributed by atoms with Crippen molar-refractivity contribution in [3.8, 4) is 5.75 Å². The zero-order chi connectivity index (χ0) is 15.6. The fraction of sp³-hybridized carbons (Fsp3) is 0.667. The molecule has 1 aromatic carbocycles. The van der Waals surface area contributed by atoms with Crippen molar-refractivity contribution in [2.45, 2.75) is 51.3 Å². The van der Waals surface area contributed by atoms with Crippen LogP contribution in [-0.2, 0) is 6.42 Å². The Hall–Kier alpha value is -0.0200. The second-order valence-electron chi connectivity index (χ2n) is 7.33. The van der Waals surface area contributed by atoms with Crippen molar-refractivity contribution in [2.24, 2.45) is 17.3 Å². The smallest absolute Gasteiger partial charge is 0.133 e. The highest BCUT2D eigenvalue weighted by Crippen LogP contribution is 2.43.